The van der Waals surface area contributed by atoms with Crippen molar-refractivity contribution in [2.75, 3.05) is 11.9 Å². The van der Waals surface area contributed by atoms with E-state index in [9.17, 15) is 9.90 Å². The van der Waals surface area contributed by atoms with Crippen molar-refractivity contribution in [1.82, 2.24) is 0 Å². The lowest BCUT2D eigenvalue weighted by molar-refractivity contribution is -0.117. The molecule has 4 N–H and O–H groups in total. The number of benzene rings is 1. The Morgan fingerprint density at radius 1 is 1.57 bits per heavy atom. The van der Waals surface area contributed by atoms with Gasteiger partial charge in [-0.25, -0.2) is 0 Å². The topological polar surface area (TPSA) is 84.6 Å². The summed E-state index contributed by atoms with van der Waals surface area (Å²) < 4.78 is 5.24. The van der Waals surface area contributed by atoms with E-state index in [-0.39, 0.29) is 18.3 Å². The second-order valence-electron chi connectivity index (χ2n) is 3.09. The van der Waals surface area contributed by atoms with E-state index in [1.807, 2.05) is 0 Å². The number of carbonyl (C=O) groups is 1. The Balaban J connectivity index is 2.37. The van der Waals surface area contributed by atoms with Gasteiger partial charge in [-0.15, -0.1) is 0 Å². The first-order valence-corrected chi connectivity index (χ1v) is 4.19. The molecule has 1 amide bonds. The van der Waals surface area contributed by atoms with Gasteiger partial charge in [-0.2, -0.15) is 0 Å². The summed E-state index contributed by atoms with van der Waals surface area (Å²) >= 11 is 0. The molecule has 2 rings (SSSR count). The zero-order valence-corrected chi connectivity index (χ0v) is 7.36. The number of nitrogens with two attached hydrogens (primary N) is 1. The molecule has 0 spiro atoms. The number of fused-ring (bicyclic) bond motifs is 1. The first-order valence-electron chi connectivity index (χ1n) is 4.19. The van der Waals surface area contributed by atoms with Crippen LogP contribution in [0.2, 0.25) is 0 Å². The molecule has 1 unspecified atom stereocenters. The molecule has 0 radical (unpaired) electrons. The average molecular weight is 194 g/mol. The Morgan fingerprint density at radius 2 is 2.36 bits per heavy atom. The van der Waals surface area contributed by atoms with E-state index in [0.29, 0.717) is 11.4 Å². The molecule has 0 saturated heterocycles. The van der Waals surface area contributed by atoms with Gasteiger partial charge in [0, 0.05) is 6.07 Å². The second-order valence-corrected chi connectivity index (χ2v) is 3.09. The summed E-state index contributed by atoms with van der Waals surface area (Å²) in [5, 5.41) is 11.8. The van der Waals surface area contributed by atoms with Gasteiger partial charge in [0.15, 0.2) is 0 Å². The lowest BCUT2D eigenvalue weighted by Crippen LogP contribution is -2.38. The zero-order valence-electron chi connectivity index (χ0n) is 7.36. The van der Waals surface area contributed by atoms with Gasteiger partial charge in [0.25, 0.3) is 0 Å². The molecule has 1 aliphatic rings. The van der Waals surface area contributed by atoms with Crippen LogP contribution in [-0.2, 0) is 4.79 Å². The van der Waals surface area contributed by atoms with Crippen LogP contribution in [0.4, 0.5) is 5.69 Å². The first kappa shape index (κ1) is 8.83. The van der Waals surface area contributed by atoms with Crippen LogP contribution in [0.25, 0.3) is 0 Å². The highest BCUT2D eigenvalue weighted by molar-refractivity contribution is 5.96. The number of amides is 1. The van der Waals surface area contributed by atoms with Crippen LogP contribution in [0.5, 0.6) is 11.5 Å². The molecule has 0 aliphatic carbocycles. The van der Waals surface area contributed by atoms with Gasteiger partial charge in [-0.05, 0) is 12.1 Å². The summed E-state index contributed by atoms with van der Waals surface area (Å²) in [6, 6.07) is 3.80. The van der Waals surface area contributed by atoms with Crippen LogP contribution in [-0.4, -0.2) is 23.7 Å². The highest BCUT2D eigenvalue weighted by atomic mass is 16.5. The number of anilines is 1. The van der Waals surface area contributed by atoms with Crippen LogP contribution < -0.4 is 15.8 Å². The number of hydrogen-bond acceptors (Lipinski definition) is 4. The van der Waals surface area contributed by atoms with Gasteiger partial charge in [-0.1, -0.05) is 0 Å². The van der Waals surface area contributed by atoms with Gasteiger partial charge >= 0.3 is 0 Å². The van der Waals surface area contributed by atoms with Crippen LogP contribution in [0, 0.1) is 0 Å². The molecule has 0 bridgehead atoms. The minimum absolute atomic E-state index is 0.0912. The molecule has 1 heterocycles. The molecule has 14 heavy (non-hydrogen) atoms. The number of phenolic OH excluding ortho intramolecular Hbond substituents is 1. The monoisotopic (exact) mass is 194 g/mol. The van der Waals surface area contributed by atoms with Crippen LogP contribution in [0.15, 0.2) is 18.2 Å². The van der Waals surface area contributed by atoms with E-state index in [1.165, 1.54) is 12.1 Å². The van der Waals surface area contributed by atoms with Crippen molar-refractivity contribution >= 4 is 11.6 Å². The van der Waals surface area contributed by atoms with Gasteiger partial charge < -0.3 is 20.9 Å². The van der Waals surface area contributed by atoms with Crippen molar-refractivity contribution in [2.45, 2.75) is 6.04 Å². The van der Waals surface area contributed by atoms with Gasteiger partial charge in [0.05, 0.1) is 5.69 Å². The first-order chi connectivity index (χ1) is 6.66. The molecule has 5 heteroatoms. The summed E-state index contributed by atoms with van der Waals surface area (Å²) in [7, 11) is 0. The molecular formula is C9H10N2O3. The Morgan fingerprint density at radius 3 is 3.14 bits per heavy atom. The van der Waals surface area contributed by atoms with E-state index in [4.69, 9.17) is 10.5 Å². The predicted molar refractivity (Wildman–Crippen MR) is 50.2 cm³/mol. The number of hydrogen-bond donors (Lipinski definition) is 3. The number of nitrogens with one attached hydrogen (secondary N) is 1. The van der Waals surface area contributed by atoms with Crippen LogP contribution in [0.1, 0.15) is 0 Å². The highest BCUT2D eigenvalue weighted by Crippen LogP contribution is 2.30. The Labute approximate surface area is 80.5 Å². The molecule has 1 aromatic rings. The molecular weight excluding hydrogens is 184 g/mol. The van der Waals surface area contributed by atoms with E-state index in [2.05, 4.69) is 5.32 Å². The van der Waals surface area contributed by atoms with Crippen LogP contribution >= 0.6 is 0 Å². The normalized spacial score (nSPS) is 20.4. The third-order valence-corrected chi connectivity index (χ3v) is 1.98. The predicted octanol–water partition coefficient (Wildman–Crippen LogP) is 0.0504. The molecule has 1 aromatic carbocycles. The van der Waals surface area contributed by atoms with Gasteiger partial charge in [0.2, 0.25) is 5.91 Å². The third kappa shape index (κ3) is 1.49. The number of ether oxygens (including phenoxy) is 1. The lowest BCUT2D eigenvalue weighted by Gasteiger charge is -2.06. The average Bonchev–Trinajstić information content (AvgIpc) is 2.29. The number of phenols is 1. The quantitative estimate of drug-likeness (QED) is 0.509. The van der Waals surface area contributed by atoms with Crippen LogP contribution in [0.3, 0.4) is 0 Å². The minimum atomic E-state index is -0.676. The van der Waals surface area contributed by atoms with Gasteiger partial charge in [-0.3, -0.25) is 4.79 Å². The Bertz CT molecular complexity index is 378. The summed E-state index contributed by atoms with van der Waals surface area (Å²) in [4.78, 5) is 11.3. The SMILES string of the molecule is NC1COc2cc(O)ccc2NC1=O. The van der Waals surface area contributed by atoms with Crippen molar-refractivity contribution in [2.24, 2.45) is 5.73 Å². The zero-order chi connectivity index (χ0) is 10.1. The fraction of sp³-hybridized carbons (Fsp3) is 0.222. The highest BCUT2D eigenvalue weighted by Gasteiger charge is 2.20. The maximum absolute atomic E-state index is 11.3. The van der Waals surface area contributed by atoms with E-state index in [0.717, 1.165) is 0 Å². The maximum Gasteiger partial charge on any atom is 0.244 e. The van der Waals surface area contributed by atoms with Crippen molar-refractivity contribution in [3.8, 4) is 11.5 Å². The van der Waals surface area contributed by atoms with E-state index < -0.39 is 6.04 Å². The van der Waals surface area contributed by atoms with Crippen molar-refractivity contribution in [3.05, 3.63) is 18.2 Å². The van der Waals surface area contributed by atoms with Gasteiger partial charge in [0.1, 0.15) is 24.1 Å². The summed E-state index contributed by atoms with van der Waals surface area (Å²) in [6.45, 7) is 0.113. The molecule has 0 saturated carbocycles. The molecule has 0 aromatic heterocycles. The smallest absolute Gasteiger partial charge is 0.244 e. The summed E-state index contributed by atoms with van der Waals surface area (Å²) in [5.74, 6) is 0.245. The number of carbonyl (C=O) groups excluding carboxylic acids is 1. The molecule has 74 valence electrons. The Kier molecular flexibility index (Phi) is 2.01. The van der Waals surface area contributed by atoms with Crippen molar-refractivity contribution in [1.29, 1.82) is 0 Å². The number of rotatable bonds is 0. The third-order valence-electron chi connectivity index (χ3n) is 1.98. The fourth-order valence-electron chi connectivity index (χ4n) is 1.21. The minimum Gasteiger partial charge on any atom is -0.508 e. The number of aromatic hydroxyl groups is 1. The van der Waals surface area contributed by atoms with Crippen molar-refractivity contribution in [3.63, 3.8) is 0 Å². The van der Waals surface area contributed by atoms with E-state index >= 15 is 0 Å². The molecule has 0 fully saturated rings. The molecule has 1 atom stereocenters. The largest absolute Gasteiger partial charge is 0.508 e. The standard InChI is InChI=1S/C9H10N2O3/c10-6-4-14-8-3-5(12)1-2-7(8)11-9(6)13/h1-3,6,12H,4,10H2,(H,11,13). The Hall–Kier alpha value is -1.75. The lowest BCUT2D eigenvalue weighted by atomic mass is 10.2. The van der Waals surface area contributed by atoms with E-state index in [1.54, 1.807) is 6.07 Å². The van der Waals surface area contributed by atoms with Crippen molar-refractivity contribution < 1.29 is 14.6 Å². The molecule has 5 nitrogen and oxygen atoms in total. The fourth-order valence-corrected chi connectivity index (χ4v) is 1.21. The summed E-state index contributed by atoms with van der Waals surface area (Å²) in [6.07, 6.45) is 0. The second kappa shape index (κ2) is 3.19. The molecule has 1 aliphatic heterocycles. The maximum atomic E-state index is 11.3. The summed E-state index contributed by atoms with van der Waals surface area (Å²) in [5.41, 5.74) is 6.02.